The first kappa shape index (κ1) is 12.0. The van der Waals surface area contributed by atoms with E-state index in [9.17, 15) is 10.1 Å². The lowest BCUT2D eigenvalue weighted by Gasteiger charge is -2.17. The van der Waals surface area contributed by atoms with Crippen molar-refractivity contribution in [3.8, 4) is 0 Å². The van der Waals surface area contributed by atoms with Crippen molar-refractivity contribution in [1.82, 2.24) is 4.98 Å². The third-order valence-corrected chi connectivity index (χ3v) is 2.60. The highest BCUT2D eigenvalue weighted by Gasteiger charge is 2.08. The molecule has 18 heavy (non-hydrogen) atoms. The summed E-state index contributed by atoms with van der Waals surface area (Å²) in [4.78, 5) is 16.1. The van der Waals surface area contributed by atoms with Gasteiger partial charge in [0.2, 0.25) is 0 Å². The lowest BCUT2D eigenvalue weighted by atomic mass is 10.2. The topological polar surface area (TPSA) is 59.3 Å². The van der Waals surface area contributed by atoms with Gasteiger partial charge in [-0.2, -0.15) is 0 Å². The van der Waals surface area contributed by atoms with Gasteiger partial charge in [-0.25, -0.2) is 4.98 Å². The maximum absolute atomic E-state index is 10.5. The van der Waals surface area contributed by atoms with Crippen LogP contribution in [0.5, 0.6) is 0 Å². The predicted octanol–water partition coefficient (Wildman–Crippen LogP) is 2.63. The molecule has 0 amide bonds. The molecule has 0 atom stereocenters. The molecule has 1 heterocycles. The van der Waals surface area contributed by atoms with Crippen molar-refractivity contribution < 1.29 is 4.92 Å². The van der Waals surface area contributed by atoms with Gasteiger partial charge in [0, 0.05) is 19.7 Å². The summed E-state index contributed by atoms with van der Waals surface area (Å²) in [6.45, 7) is 0.714. The molecule has 0 aliphatic heterocycles. The van der Waals surface area contributed by atoms with Gasteiger partial charge in [-0.3, -0.25) is 10.1 Å². The van der Waals surface area contributed by atoms with E-state index in [-0.39, 0.29) is 5.69 Å². The average Bonchev–Trinajstić information content (AvgIpc) is 2.40. The Labute approximate surface area is 105 Å². The molecule has 1 aromatic heterocycles. The van der Waals surface area contributed by atoms with E-state index in [0.29, 0.717) is 12.4 Å². The fourth-order valence-corrected chi connectivity index (χ4v) is 1.65. The third kappa shape index (κ3) is 2.82. The summed E-state index contributed by atoms with van der Waals surface area (Å²) >= 11 is 0. The van der Waals surface area contributed by atoms with E-state index in [4.69, 9.17) is 0 Å². The molecular weight excluding hydrogens is 230 g/mol. The van der Waals surface area contributed by atoms with E-state index >= 15 is 0 Å². The number of benzene rings is 1. The van der Waals surface area contributed by atoms with Gasteiger partial charge >= 0.3 is 0 Å². The largest absolute Gasteiger partial charge is 0.355 e. The molecule has 92 valence electrons. The minimum absolute atomic E-state index is 0.00635. The van der Waals surface area contributed by atoms with Gasteiger partial charge in [-0.05, 0) is 11.6 Å². The Kier molecular flexibility index (Phi) is 3.52. The molecule has 0 unspecified atom stereocenters. The summed E-state index contributed by atoms with van der Waals surface area (Å²) in [6, 6.07) is 13.1. The van der Waals surface area contributed by atoms with E-state index in [2.05, 4.69) is 4.98 Å². The Hall–Kier alpha value is -2.43. The summed E-state index contributed by atoms with van der Waals surface area (Å²) in [5, 5.41) is 10.5. The van der Waals surface area contributed by atoms with Crippen molar-refractivity contribution in [2.24, 2.45) is 0 Å². The third-order valence-electron chi connectivity index (χ3n) is 2.60. The predicted molar refractivity (Wildman–Crippen MR) is 69.4 cm³/mol. The van der Waals surface area contributed by atoms with Crippen LogP contribution in [0.3, 0.4) is 0 Å². The molecule has 0 radical (unpaired) electrons. The van der Waals surface area contributed by atoms with Crippen LogP contribution in [0, 0.1) is 10.1 Å². The highest BCUT2D eigenvalue weighted by atomic mass is 16.6. The molecule has 0 spiro atoms. The average molecular weight is 243 g/mol. The smallest absolute Gasteiger partial charge is 0.287 e. The van der Waals surface area contributed by atoms with Gasteiger partial charge in [0.15, 0.2) is 0 Å². The molecule has 0 aliphatic rings. The SMILES string of the molecule is CN(Cc1ccccc1)c1ccc([N+](=O)[O-])cn1. The number of pyridine rings is 1. The van der Waals surface area contributed by atoms with Gasteiger partial charge in [0.25, 0.3) is 5.69 Å². The highest BCUT2D eigenvalue weighted by molar-refractivity contribution is 5.42. The molecule has 0 N–H and O–H groups in total. The van der Waals surface area contributed by atoms with Crippen molar-refractivity contribution in [2.75, 3.05) is 11.9 Å². The lowest BCUT2D eigenvalue weighted by molar-refractivity contribution is -0.385. The van der Waals surface area contributed by atoms with Crippen molar-refractivity contribution >= 4 is 11.5 Å². The van der Waals surface area contributed by atoms with E-state index < -0.39 is 4.92 Å². The number of nitro groups is 1. The molecule has 2 rings (SSSR count). The van der Waals surface area contributed by atoms with Crippen LogP contribution in [0.2, 0.25) is 0 Å². The van der Waals surface area contributed by atoms with Crippen LogP contribution in [0.1, 0.15) is 5.56 Å². The van der Waals surface area contributed by atoms with E-state index in [1.807, 2.05) is 42.3 Å². The van der Waals surface area contributed by atoms with Crippen LogP contribution in [-0.2, 0) is 6.54 Å². The molecule has 1 aromatic carbocycles. The number of nitrogens with zero attached hydrogens (tertiary/aromatic N) is 3. The first-order valence-corrected chi connectivity index (χ1v) is 5.52. The maximum Gasteiger partial charge on any atom is 0.287 e. The minimum Gasteiger partial charge on any atom is -0.355 e. The molecule has 0 saturated carbocycles. The van der Waals surface area contributed by atoms with E-state index in [1.165, 1.54) is 17.8 Å². The minimum atomic E-state index is -0.450. The van der Waals surface area contributed by atoms with E-state index in [0.717, 1.165) is 0 Å². The fourth-order valence-electron chi connectivity index (χ4n) is 1.65. The standard InChI is InChI=1S/C13H13N3O2/c1-15(10-11-5-3-2-4-6-11)13-8-7-12(9-14-13)16(17)18/h2-9H,10H2,1H3. The zero-order valence-corrected chi connectivity index (χ0v) is 9.98. The van der Waals surface area contributed by atoms with Crippen LogP contribution in [0.25, 0.3) is 0 Å². The summed E-state index contributed by atoms with van der Waals surface area (Å²) in [7, 11) is 1.90. The first-order valence-electron chi connectivity index (χ1n) is 5.52. The number of hydrogen-bond donors (Lipinski definition) is 0. The quantitative estimate of drug-likeness (QED) is 0.611. The number of anilines is 1. The Balaban J connectivity index is 2.09. The van der Waals surface area contributed by atoms with Crippen molar-refractivity contribution in [1.29, 1.82) is 0 Å². The Morgan fingerprint density at radius 1 is 1.22 bits per heavy atom. The molecule has 0 bridgehead atoms. The second-order valence-corrected chi connectivity index (χ2v) is 3.97. The van der Waals surface area contributed by atoms with Crippen molar-refractivity contribution in [2.45, 2.75) is 6.54 Å². The molecule has 0 saturated heterocycles. The van der Waals surface area contributed by atoms with Crippen molar-refractivity contribution in [3.05, 3.63) is 64.3 Å². The Morgan fingerprint density at radius 2 is 1.94 bits per heavy atom. The molecule has 0 fully saturated rings. The molecule has 5 nitrogen and oxygen atoms in total. The number of rotatable bonds is 4. The van der Waals surface area contributed by atoms with Crippen LogP contribution in [0.15, 0.2) is 48.7 Å². The van der Waals surface area contributed by atoms with Crippen molar-refractivity contribution in [3.63, 3.8) is 0 Å². The second kappa shape index (κ2) is 5.27. The number of aromatic nitrogens is 1. The van der Waals surface area contributed by atoms with Crippen LogP contribution in [-0.4, -0.2) is 17.0 Å². The monoisotopic (exact) mass is 243 g/mol. The Morgan fingerprint density at radius 3 is 2.50 bits per heavy atom. The number of hydrogen-bond acceptors (Lipinski definition) is 4. The van der Waals surface area contributed by atoms with Gasteiger partial charge < -0.3 is 4.90 Å². The van der Waals surface area contributed by atoms with E-state index in [1.54, 1.807) is 6.07 Å². The summed E-state index contributed by atoms with van der Waals surface area (Å²) in [5.74, 6) is 0.712. The highest BCUT2D eigenvalue weighted by Crippen LogP contribution is 2.16. The summed E-state index contributed by atoms with van der Waals surface area (Å²) in [6.07, 6.45) is 1.27. The zero-order valence-electron chi connectivity index (χ0n) is 9.98. The molecular formula is C13H13N3O2. The van der Waals surface area contributed by atoms with Gasteiger partial charge in [0.05, 0.1) is 4.92 Å². The zero-order chi connectivity index (χ0) is 13.0. The van der Waals surface area contributed by atoms with Crippen LogP contribution < -0.4 is 4.90 Å². The fraction of sp³-hybridized carbons (Fsp3) is 0.154. The second-order valence-electron chi connectivity index (χ2n) is 3.97. The van der Waals surface area contributed by atoms with Crippen LogP contribution in [0.4, 0.5) is 11.5 Å². The van der Waals surface area contributed by atoms with Crippen LogP contribution >= 0.6 is 0 Å². The molecule has 0 aliphatic carbocycles. The van der Waals surface area contributed by atoms with Gasteiger partial charge in [0.1, 0.15) is 12.0 Å². The Bertz CT molecular complexity index is 526. The molecule has 5 heteroatoms. The normalized spacial score (nSPS) is 10.1. The molecule has 2 aromatic rings. The maximum atomic E-state index is 10.5. The van der Waals surface area contributed by atoms with Gasteiger partial charge in [-0.1, -0.05) is 30.3 Å². The first-order chi connectivity index (χ1) is 8.66. The van der Waals surface area contributed by atoms with Gasteiger partial charge in [-0.15, -0.1) is 0 Å². The summed E-state index contributed by atoms with van der Waals surface area (Å²) < 4.78 is 0. The summed E-state index contributed by atoms with van der Waals surface area (Å²) in [5.41, 5.74) is 1.17. The lowest BCUT2D eigenvalue weighted by Crippen LogP contribution is -2.17.